The van der Waals surface area contributed by atoms with E-state index in [1.54, 1.807) is 36.4 Å². The molecular weight excluding hydrogens is 460 g/mol. The second kappa shape index (κ2) is 12.4. The molecule has 1 amide bonds. The zero-order valence-corrected chi connectivity index (χ0v) is 20.0. The summed E-state index contributed by atoms with van der Waals surface area (Å²) in [5.74, 6) is 0.434. The molecule has 0 aliphatic carbocycles. The zero-order valence-electron chi connectivity index (χ0n) is 19.2. The largest absolute Gasteiger partial charge is 0.490 e. The van der Waals surface area contributed by atoms with Gasteiger partial charge in [0.25, 0.3) is 5.91 Å². The lowest BCUT2D eigenvalue weighted by atomic mass is 10.3. The molecule has 1 fully saturated rings. The average molecular weight is 491 g/mol. The van der Waals surface area contributed by atoms with Crippen molar-refractivity contribution in [1.82, 2.24) is 9.21 Å². The molecule has 0 radical (unpaired) electrons. The van der Waals surface area contributed by atoms with Crippen molar-refractivity contribution in [3.8, 4) is 11.5 Å². The number of carbonyl (C=O) groups excluding carboxylic acids is 2. The van der Waals surface area contributed by atoms with Gasteiger partial charge in [0.15, 0.2) is 18.1 Å². The maximum absolute atomic E-state index is 12.7. The molecule has 9 nitrogen and oxygen atoms in total. The Morgan fingerprint density at radius 1 is 0.882 bits per heavy atom. The van der Waals surface area contributed by atoms with Crippen LogP contribution in [-0.4, -0.2) is 75.5 Å². The molecule has 0 bridgehead atoms. The molecule has 0 unspecified atom stereocenters. The summed E-state index contributed by atoms with van der Waals surface area (Å²) in [5.41, 5.74) is 0. The van der Waals surface area contributed by atoms with Crippen molar-refractivity contribution < 1.29 is 32.2 Å². The number of sulfonamides is 1. The third kappa shape index (κ3) is 6.94. The first-order chi connectivity index (χ1) is 16.4. The predicted octanol–water partition coefficient (Wildman–Crippen LogP) is 2.32. The number of carbonyl (C=O) groups is 2. The summed E-state index contributed by atoms with van der Waals surface area (Å²) >= 11 is 0. The van der Waals surface area contributed by atoms with Gasteiger partial charge in [0.2, 0.25) is 10.0 Å². The highest BCUT2D eigenvalue weighted by atomic mass is 32.2. The second-order valence-electron chi connectivity index (χ2n) is 7.59. The first-order valence-electron chi connectivity index (χ1n) is 11.2. The fourth-order valence-electron chi connectivity index (χ4n) is 3.47. The van der Waals surface area contributed by atoms with Crippen LogP contribution >= 0.6 is 0 Å². The standard InChI is InChI=1S/C24H30N2O7S/c1-2-31-21-11-6-7-12-22(21)32-18-8-13-24(28)33-19-23(27)25-14-16-26(17-15-25)34(29,30)20-9-4-3-5-10-20/h3-7,9-12H,2,8,13-19H2,1H3. The van der Waals surface area contributed by atoms with Gasteiger partial charge in [-0.15, -0.1) is 0 Å². The molecule has 184 valence electrons. The molecule has 1 heterocycles. The number of hydrogen-bond acceptors (Lipinski definition) is 7. The number of ether oxygens (including phenoxy) is 3. The number of para-hydroxylation sites is 2. The Labute approximate surface area is 200 Å². The van der Waals surface area contributed by atoms with E-state index in [-0.39, 0.29) is 50.0 Å². The van der Waals surface area contributed by atoms with Crippen LogP contribution in [-0.2, 0) is 24.3 Å². The van der Waals surface area contributed by atoms with Gasteiger partial charge in [-0.3, -0.25) is 9.59 Å². The van der Waals surface area contributed by atoms with Crippen LogP contribution in [0, 0.1) is 0 Å². The Morgan fingerprint density at radius 2 is 1.50 bits per heavy atom. The molecule has 3 rings (SSSR count). The summed E-state index contributed by atoms with van der Waals surface area (Å²) in [7, 11) is -3.59. The number of piperazine rings is 1. The van der Waals surface area contributed by atoms with Crippen molar-refractivity contribution in [2.45, 2.75) is 24.7 Å². The Kier molecular flexibility index (Phi) is 9.29. The van der Waals surface area contributed by atoms with E-state index >= 15 is 0 Å². The molecule has 0 N–H and O–H groups in total. The molecule has 0 spiro atoms. The lowest BCUT2D eigenvalue weighted by Gasteiger charge is -2.33. The third-order valence-electron chi connectivity index (χ3n) is 5.26. The summed E-state index contributed by atoms with van der Waals surface area (Å²) in [5, 5.41) is 0. The van der Waals surface area contributed by atoms with E-state index < -0.39 is 16.0 Å². The van der Waals surface area contributed by atoms with Crippen molar-refractivity contribution in [1.29, 1.82) is 0 Å². The van der Waals surface area contributed by atoms with E-state index in [0.29, 0.717) is 31.1 Å². The van der Waals surface area contributed by atoms with Crippen LogP contribution < -0.4 is 9.47 Å². The van der Waals surface area contributed by atoms with Crippen molar-refractivity contribution in [2.24, 2.45) is 0 Å². The van der Waals surface area contributed by atoms with E-state index in [0.717, 1.165) is 0 Å². The van der Waals surface area contributed by atoms with Gasteiger partial charge < -0.3 is 19.1 Å². The van der Waals surface area contributed by atoms with Crippen LogP contribution in [0.1, 0.15) is 19.8 Å². The van der Waals surface area contributed by atoms with E-state index in [1.165, 1.54) is 9.21 Å². The summed E-state index contributed by atoms with van der Waals surface area (Å²) < 4.78 is 43.0. The van der Waals surface area contributed by atoms with Gasteiger partial charge in [0.05, 0.1) is 18.1 Å². The van der Waals surface area contributed by atoms with Gasteiger partial charge in [-0.2, -0.15) is 4.31 Å². The maximum atomic E-state index is 12.7. The average Bonchev–Trinajstić information content (AvgIpc) is 2.87. The van der Waals surface area contributed by atoms with Crippen LogP contribution in [0.2, 0.25) is 0 Å². The molecule has 10 heteroatoms. The normalized spacial score (nSPS) is 14.4. The second-order valence-corrected chi connectivity index (χ2v) is 9.53. The van der Waals surface area contributed by atoms with Crippen LogP contribution in [0.3, 0.4) is 0 Å². The molecule has 1 aliphatic rings. The van der Waals surface area contributed by atoms with Gasteiger partial charge in [-0.05, 0) is 37.6 Å². The smallest absolute Gasteiger partial charge is 0.306 e. The van der Waals surface area contributed by atoms with E-state index in [9.17, 15) is 18.0 Å². The molecule has 0 saturated carbocycles. The maximum Gasteiger partial charge on any atom is 0.306 e. The predicted molar refractivity (Wildman–Crippen MR) is 125 cm³/mol. The number of amides is 1. The van der Waals surface area contributed by atoms with Crippen molar-refractivity contribution in [3.05, 3.63) is 54.6 Å². The lowest BCUT2D eigenvalue weighted by Crippen LogP contribution is -2.51. The number of hydrogen-bond donors (Lipinski definition) is 0. The minimum Gasteiger partial charge on any atom is -0.490 e. The topological polar surface area (TPSA) is 102 Å². The molecule has 2 aromatic carbocycles. The van der Waals surface area contributed by atoms with E-state index in [1.807, 2.05) is 25.1 Å². The Bertz CT molecular complexity index is 1050. The minimum atomic E-state index is -3.59. The number of benzene rings is 2. The molecule has 1 aliphatic heterocycles. The van der Waals surface area contributed by atoms with E-state index in [2.05, 4.69) is 0 Å². The van der Waals surface area contributed by atoms with Crippen LogP contribution in [0.4, 0.5) is 0 Å². The molecule has 0 aromatic heterocycles. The SMILES string of the molecule is CCOc1ccccc1OCCCC(=O)OCC(=O)N1CCN(S(=O)(=O)c2ccccc2)CC1. The highest BCUT2D eigenvalue weighted by Crippen LogP contribution is 2.26. The Hall–Kier alpha value is -3.11. The fraction of sp³-hybridized carbons (Fsp3) is 0.417. The first kappa shape index (κ1) is 25.5. The van der Waals surface area contributed by atoms with E-state index in [4.69, 9.17) is 14.2 Å². The summed E-state index contributed by atoms with van der Waals surface area (Å²) in [6.45, 7) is 3.24. The lowest BCUT2D eigenvalue weighted by molar-refractivity contribution is -0.152. The number of esters is 1. The Balaban J connectivity index is 1.35. The fourth-order valence-corrected chi connectivity index (χ4v) is 4.91. The summed E-state index contributed by atoms with van der Waals surface area (Å²) in [6, 6.07) is 15.5. The minimum absolute atomic E-state index is 0.118. The van der Waals surface area contributed by atoms with Crippen molar-refractivity contribution in [3.63, 3.8) is 0 Å². The highest BCUT2D eigenvalue weighted by molar-refractivity contribution is 7.89. The molecule has 34 heavy (non-hydrogen) atoms. The summed E-state index contributed by atoms with van der Waals surface area (Å²) in [4.78, 5) is 26.1. The molecule has 1 saturated heterocycles. The van der Waals surface area contributed by atoms with Gasteiger partial charge in [-0.1, -0.05) is 30.3 Å². The van der Waals surface area contributed by atoms with Crippen LogP contribution in [0.25, 0.3) is 0 Å². The summed E-state index contributed by atoms with van der Waals surface area (Å²) in [6.07, 6.45) is 0.552. The number of rotatable bonds is 11. The monoisotopic (exact) mass is 490 g/mol. The van der Waals surface area contributed by atoms with Gasteiger partial charge in [0.1, 0.15) is 0 Å². The zero-order chi connectivity index (χ0) is 24.4. The van der Waals surface area contributed by atoms with Gasteiger partial charge in [0, 0.05) is 32.6 Å². The number of nitrogens with zero attached hydrogens (tertiary/aromatic N) is 2. The highest BCUT2D eigenvalue weighted by Gasteiger charge is 2.30. The van der Waals surface area contributed by atoms with Crippen molar-refractivity contribution >= 4 is 21.9 Å². The first-order valence-corrected chi connectivity index (χ1v) is 12.7. The van der Waals surface area contributed by atoms with Crippen molar-refractivity contribution in [2.75, 3.05) is 46.0 Å². The quantitative estimate of drug-likeness (QED) is 0.352. The van der Waals surface area contributed by atoms with Gasteiger partial charge in [-0.25, -0.2) is 8.42 Å². The molecular formula is C24H30N2O7S. The van der Waals surface area contributed by atoms with Gasteiger partial charge >= 0.3 is 5.97 Å². The Morgan fingerprint density at radius 3 is 2.15 bits per heavy atom. The van der Waals surface area contributed by atoms with Crippen LogP contribution in [0.15, 0.2) is 59.5 Å². The van der Waals surface area contributed by atoms with Crippen LogP contribution in [0.5, 0.6) is 11.5 Å². The third-order valence-corrected chi connectivity index (χ3v) is 7.17. The molecule has 0 atom stereocenters. The molecule has 2 aromatic rings.